The normalized spacial score (nSPS) is 13.7. The molecule has 0 saturated heterocycles. The zero-order valence-electron chi connectivity index (χ0n) is 34.6. The summed E-state index contributed by atoms with van der Waals surface area (Å²) in [7, 11) is -4.71. The van der Waals surface area contributed by atoms with Crippen LogP contribution in [0.2, 0.25) is 0 Å². The van der Waals surface area contributed by atoms with E-state index in [1.807, 2.05) is 0 Å². The van der Waals surface area contributed by atoms with Gasteiger partial charge in [-0.1, -0.05) is 194 Å². The summed E-state index contributed by atoms with van der Waals surface area (Å²) in [4.78, 5) is 45.9. The Labute approximate surface area is 329 Å². The van der Waals surface area contributed by atoms with E-state index in [4.69, 9.17) is 24.8 Å². The van der Waals surface area contributed by atoms with Crippen LogP contribution in [0.25, 0.3) is 0 Å². The van der Waals surface area contributed by atoms with Crippen molar-refractivity contribution in [1.82, 2.24) is 0 Å². The van der Waals surface area contributed by atoms with Crippen molar-refractivity contribution < 1.29 is 47.5 Å². The molecule has 0 fully saturated rings. The maximum absolute atomic E-state index is 12.6. The number of carbonyl (C=O) groups excluding carboxylic acids is 2. The number of unbranched alkanes of at least 4 members (excludes halogenated alkanes) is 28. The third-order valence-corrected chi connectivity index (χ3v) is 10.8. The van der Waals surface area contributed by atoms with Crippen molar-refractivity contribution in [3.63, 3.8) is 0 Å². The van der Waals surface area contributed by atoms with Crippen molar-refractivity contribution in [2.75, 3.05) is 19.8 Å². The predicted octanol–water partition coefficient (Wildman–Crippen LogP) is 11.5. The Kier molecular flexibility index (Phi) is 37.3. The van der Waals surface area contributed by atoms with Crippen molar-refractivity contribution in [3.8, 4) is 0 Å². The molecule has 0 aliphatic carbocycles. The highest BCUT2D eigenvalue weighted by Gasteiger charge is 2.28. The molecule has 0 saturated carbocycles. The molecule has 1 unspecified atom stereocenters. The number of nitrogens with two attached hydrogens (primary N) is 1. The number of hydrogen-bond donors (Lipinski definition) is 3. The molecule has 11 nitrogen and oxygen atoms in total. The number of carboxylic acid groups (broad SMARTS) is 1. The van der Waals surface area contributed by atoms with Gasteiger partial charge in [0.1, 0.15) is 12.6 Å². The van der Waals surface area contributed by atoms with Crippen LogP contribution in [-0.2, 0) is 37.5 Å². The molecule has 4 N–H and O–H groups in total. The summed E-state index contributed by atoms with van der Waals surface area (Å²) in [6.45, 7) is 2.83. The lowest BCUT2D eigenvalue weighted by atomic mass is 10.0. The average Bonchev–Trinajstić information content (AvgIpc) is 3.14. The molecule has 0 amide bonds. The van der Waals surface area contributed by atoms with Crippen molar-refractivity contribution >= 4 is 25.7 Å². The second-order valence-corrected chi connectivity index (χ2v) is 16.7. The number of phosphoric ester groups is 1. The zero-order chi connectivity index (χ0) is 40.0. The highest BCUT2D eigenvalue weighted by atomic mass is 31.2. The molecule has 0 aromatic carbocycles. The molecule has 54 heavy (non-hydrogen) atoms. The van der Waals surface area contributed by atoms with Gasteiger partial charge in [0.05, 0.1) is 13.2 Å². The van der Waals surface area contributed by atoms with Crippen LogP contribution in [0.5, 0.6) is 0 Å². The van der Waals surface area contributed by atoms with Crippen LogP contribution >= 0.6 is 7.82 Å². The maximum atomic E-state index is 12.6. The van der Waals surface area contributed by atoms with Crippen LogP contribution in [-0.4, -0.2) is 59.9 Å². The van der Waals surface area contributed by atoms with E-state index in [0.29, 0.717) is 12.8 Å². The molecular weight excluding hydrogens is 709 g/mol. The van der Waals surface area contributed by atoms with Crippen LogP contribution in [0.1, 0.15) is 219 Å². The van der Waals surface area contributed by atoms with Gasteiger partial charge < -0.3 is 25.2 Å². The average molecular weight is 792 g/mol. The Morgan fingerprint density at radius 2 is 0.815 bits per heavy atom. The highest BCUT2D eigenvalue weighted by molar-refractivity contribution is 7.47. The third kappa shape index (κ3) is 37.4. The summed E-state index contributed by atoms with van der Waals surface area (Å²) in [6.07, 6.45) is 35.9. The molecule has 0 spiro atoms. The summed E-state index contributed by atoms with van der Waals surface area (Å²) in [6, 6.07) is -1.52. The van der Waals surface area contributed by atoms with Crippen molar-refractivity contribution in [3.05, 3.63) is 0 Å². The highest BCUT2D eigenvalue weighted by Crippen LogP contribution is 2.43. The van der Waals surface area contributed by atoms with Gasteiger partial charge in [-0.25, -0.2) is 4.57 Å². The Balaban J connectivity index is 4.30. The summed E-state index contributed by atoms with van der Waals surface area (Å²) < 4.78 is 32.7. The summed E-state index contributed by atoms with van der Waals surface area (Å²) in [5.41, 5.74) is 5.33. The molecular formula is C42H82NO10P. The third-order valence-electron chi connectivity index (χ3n) is 9.86. The summed E-state index contributed by atoms with van der Waals surface area (Å²) >= 11 is 0. The van der Waals surface area contributed by atoms with E-state index >= 15 is 0 Å². The van der Waals surface area contributed by atoms with E-state index < -0.39 is 51.1 Å². The SMILES string of the molecule is CCCCCCCCCCCCCCCCCCC(=O)OC[C@H](COP(=O)(O)OC[C@H](N)C(=O)O)OC(=O)CCCCCCCCCCCCCCCC. The smallest absolute Gasteiger partial charge is 0.472 e. The standard InChI is InChI=1S/C42H82NO10P/c1-3-5-7-9-11-13-15-17-19-20-22-23-25-27-29-31-33-40(44)50-35-38(36-51-54(48,49)52-37-39(43)42(46)47)53-41(45)34-32-30-28-26-24-21-18-16-14-12-10-8-6-4-2/h38-39H,3-37,43H2,1-2H3,(H,46,47)(H,48,49)/t38-,39+/m1/s1. The second-order valence-electron chi connectivity index (χ2n) is 15.2. The Morgan fingerprint density at radius 3 is 1.17 bits per heavy atom. The fourth-order valence-electron chi connectivity index (χ4n) is 6.36. The minimum absolute atomic E-state index is 0.169. The molecule has 0 aromatic heterocycles. The molecule has 0 aromatic rings. The Bertz CT molecular complexity index is 937. The molecule has 320 valence electrons. The quantitative estimate of drug-likeness (QED) is 0.0305. The number of phosphoric acid groups is 1. The van der Waals surface area contributed by atoms with Gasteiger partial charge in [-0.2, -0.15) is 0 Å². The van der Waals surface area contributed by atoms with Gasteiger partial charge >= 0.3 is 25.7 Å². The fourth-order valence-corrected chi connectivity index (χ4v) is 7.14. The van der Waals surface area contributed by atoms with Crippen LogP contribution in [0, 0.1) is 0 Å². The van der Waals surface area contributed by atoms with Gasteiger partial charge in [0, 0.05) is 12.8 Å². The first-order valence-corrected chi connectivity index (χ1v) is 23.6. The first kappa shape index (κ1) is 52.5. The number of ether oxygens (including phenoxy) is 2. The van der Waals surface area contributed by atoms with Crippen molar-refractivity contribution in [2.24, 2.45) is 5.73 Å². The molecule has 0 aliphatic heterocycles. The van der Waals surface area contributed by atoms with E-state index in [-0.39, 0.29) is 19.4 Å². The number of carboxylic acids is 1. The van der Waals surface area contributed by atoms with Gasteiger partial charge in [0.25, 0.3) is 0 Å². The van der Waals surface area contributed by atoms with E-state index in [2.05, 4.69) is 18.4 Å². The molecule has 0 aliphatic rings. The van der Waals surface area contributed by atoms with Crippen LogP contribution in [0.15, 0.2) is 0 Å². The zero-order valence-corrected chi connectivity index (χ0v) is 35.5. The summed E-state index contributed by atoms with van der Waals surface area (Å²) in [5, 5.41) is 8.88. The maximum Gasteiger partial charge on any atom is 0.472 e. The first-order valence-electron chi connectivity index (χ1n) is 22.1. The van der Waals surface area contributed by atoms with E-state index in [1.54, 1.807) is 0 Å². The van der Waals surface area contributed by atoms with Crippen LogP contribution < -0.4 is 5.73 Å². The van der Waals surface area contributed by atoms with Crippen LogP contribution in [0.4, 0.5) is 0 Å². The van der Waals surface area contributed by atoms with E-state index in [1.165, 1.54) is 141 Å². The number of esters is 2. The largest absolute Gasteiger partial charge is 0.480 e. The van der Waals surface area contributed by atoms with Gasteiger partial charge in [-0.05, 0) is 12.8 Å². The lowest BCUT2D eigenvalue weighted by molar-refractivity contribution is -0.161. The molecule has 3 atom stereocenters. The Hall–Kier alpha value is -1.52. The molecule has 0 bridgehead atoms. The number of carbonyl (C=O) groups is 3. The van der Waals surface area contributed by atoms with E-state index in [0.717, 1.165) is 38.5 Å². The van der Waals surface area contributed by atoms with Crippen LogP contribution in [0.3, 0.4) is 0 Å². The van der Waals surface area contributed by atoms with Gasteiger partial charge in [-0.15, -0.1) is 0 Å². The monoisotopic (exact) mass is 792 g/mol. The van der Waals surface area contributed by atoms with Gasteiger partial charge in [-0.3, -0.25) is 23.4 Å². The Morgan fingerprint density at radius 1 is 0.500 bits per heavy atom. The van der Waals surface area contributed by atoms with Gasteiger partial charge in [0.2, 0.25) is 0 Å². The summed E-state index contributed by atoms with van der Waals surface area (Å²) in [5.74, 6) is -2.36. The minimum Gasteiger partial charge on any atom is -0.480 e. The topological polar surface area (TPSA) is 172 Å². The van der Waals surface area contributed by atoms with Crippen molar-refractivity contribution in [1.29, 1.82) is 0 Å². The molecule has 0 heterocycles. The number of hydrogen-bond acceptors (Lipinski definition) is 9. The lowest BCUT2D eigenvalue weighted by Gasteiger charge is -2.20. The lowest BCUT2D eigenvalue weighted by Crippen LogP contribution is -2.34. The number of aliphatic carboxylic acids is 1. The fraction of sp³-hybridized carbons (Fsp3) is 0.929. The van der Waals surface area contributed by atoms with Gasteiger partial charge in [0.15, 0.2) is 6.10 Å². The molecule has 0 radical (unpaired) electrons. The minimum atomic E-state index is -4.71. The predicted molar refractivity (Wildman–Crippen MR) is 217 cm³/mol. The molecule has 12 heteroatoms. The van der Waals surface area contributed by atoms with E-state index in [9.17, 15) is 23.8 Å². The first-order chi connectivity index (χ1) is 26.1. The van der Waals surface area contributed by atoms with Crippen molar-refractivity contribution in [2.45, 2.75) is 231 Å². The molecule has 0 rings (SSSR count). The second kappa shape index (κ2) is 38.4. The number of rotatable bonds is 42.